The van der Waals surface area contributed by atoms with Gasteiger partial charge < -0.3 is 10.2 Å². The Balaban J connectivity index is 2.17. The Hall–Kier alpha value is -1.69. The molecule has 0 amide bonds. The fourth-order valence-electron chi connectivity index (χ4n) is 2.55. The molecule has 2 rings (SSSR count). The van der Waals surface area contributed by atoms with E-state index in [0.29, 0.717) is 11.7 Å². The van der Waals surface area contributed by atoms with Crippen molar-refractivity contribution in [2.45, 2.75) is 26.3 Å². The van der Waals surface area contributed by atoms with Crippen molar-refractivity contribution in [3.8, 4) is 0 Å². The minimum Gasteiger partial charge on any atom is -0.361 e. The van der Waals surface area contributed by atoms with Gasteiger partial charge in [0.05, 0.1) is 4.92 Å². The second-order valence-electron chi connectivity index (χ2n) is 5.42. The maximum Gasteiger partial charge on any atom is 0.311 e. The molecule has 2 heterocycles. The first-order valence-electron chi connectivity index (χ1n) is 6.53. The van der Waals surface area contributed by atoms with Crippen molar-refractivity contribution in [3.63, 3.8) is 0 Å². The first-order valence-corrected chi connectivity index (χ1v) is 6.53. The lowest BCUT2D eigenvalue weighted by molar-refractivity contribution is -0.384. The zero-order valence-electron chi connectivity index (χ0n) is 11.6. The number of hydrogen-bond donors (Lipinski definition) is 1. The lowest BCUT2D eigenvalue weighted by Crippen LogP contribution is -2.43. The number of nitrogens with one attached hydrogen (secondary N) is 1. The highest BCUT2D eigenvalue weighted by Crippen LogP contribution is 2.26. The monoisotopic (exact) mass is 264 g/mol. The standard InChI is InChI=1S/C13H20N4O2/c1-9-6-12(17(18)19)13(14-7-9)15-11-4-5-16(3)8-10(11)2/h6-7,10-11H,4-5,8H2,1-3H3,(H,14,15). The van der Waals surface area contributed by atoms with E-state index in [1.807, 2.05) is 6.92 Å². The molecular formula is C13H20N4O2. The summed E-state index contributed by atoms with van der Waals surface area (Å²) in [6.07, 6.45) is 2.64. The number of aromatic nitrogens is 1. The highest BCUT2D eigenvalue weighted by atomic mass is 16.6. The number of likely N-dealkylation sites (tertiary alicyclic amines) is 1. The maximum atomic E-state index is 11.1. The third kappa shape index (κ3) is 3.20. The molecule has 2 atom stereocenters. The minimum absolute atomic E-state index is 0.0612. The van der Waals surface area contributed by atoms with Gasteiger partial charge in [0.1, 0.15) is 0 Å². The summed E-state index contributed by atoms with van der Waals surface area (Å²) in [6.45, 7) is 5.97. The van der Waals surface area contributed by atoms with E-state index in [1.165, 1.54) is 0 Å². The molecular weight excluding hydrogens is 244 g/mol. The molecule has 1 aromatic heterocycles. The second-order valence-corrected chi connectivity index (χ2v) is 5.42. The molecule has 104 valence electrons. The highest BCUT2D eigenvalue weighted by Gasteiger charge is 2.26. The van der Waals surface area contributed by atoms with Gasteiger partial charge in [-0.05, 0) is 38.4 Å². The highest BCUT2D eigenvalue weighted by molar-refractivity contribution is 5.57. The summed E-state index contributed by atoms with van der Waals surface area (Å²) >= 11 is 0. The average molecular weight is 264 g/mol. The van der Waals surface area contributed by atoms with E-state index >= 15 is 0 Å². The van der Waals surface area contributed by atoms with E-state index in [1.54, 1.807) is 12.3 Å². The quantitative estimate of drug-likeness (QED) is 0.668. The molecule has 0 radical (unpaired) electrons. The van der Waals surface area contributed by atoms with Crippen molar-refractivity contribution in [2.24, 2.45) is 5.92 Å². The predicted molar refractivity (Wildman–Crippen MR) is 74.3 cm³/mol. The Labute approximate surface area is 113 Å². The molecule has 1 saturated heterocycles. The topological polar surface area (TPSA) is 71.3 Å². The van der Waals surface area contributed by atoms with Crippen LogP contribution in [-0.2, 0) is 0 Å². The first-order chi connectivity index (χ1) is 8.97. The summed E-state index contributed by atoms with van der Waals surface area (Å²) in [5, 5.41) is 14.3. The molecule has 0 spiro atoms. The van der Waals surface area contributed by atoms with Crippen LogP contribution in [0.4, 0.5) is 11.5 Å². The largest absolute Gasteiger partial charge is 0.361 e. The number of anilines is 1. The van der Waals surface area contributed by atoms with Crippen molar-refractivity contribution in [2.75, 3.05) is 25.5 Å². The van der Waals surface area contributed by atoms with E-state index in [2.05, 4.69) is 29.2 Å². The summed E-state index contributed by atoms with van der Waals surface area (Å²) in [7, 11) is 2.10. The summed E-state index contributed by atoms with van der Waals surface area (Å²) in [6, 6.07) is 1.81. The smallest absolute Gasteiger partial charge is 0.311 e. The zero-order valence-corrected chi connectivity index (χ0v) is 11.6. The lowest BCUT2D eigenvalue weighted by Gasteiger charge is -2.35. The molecule has 2 unspecified atom stereocenters. The van der Waals surface area contributed by atoms with Gasteiger partial charge in [0.25, 0.3) is 0 Å². The van der Waals surface area contributed by atoms with Crippen molar-refractivity contribution in [1.82, 2.24) is 9.88 Å². The van der Waals surface area contributed by atoms with E-state index in [9.17, 15) is 10.1 Å². The summed E-state index contributed by atoms with van der Waals surface area (Å²) < 4.78 is 0. The molecule has 0 bridgehead atoms. The van der Waals surface area contributed by atoms with Gasteiger partial charge in [-0.15, -0.1) is 0 Å². The SMILES string of the molecule is Cc1cnc(NC2CCN(C)CC2C)c([N+](=O)[O-])c1. The molecule has 1 aliphatic heterocycles. The van der Waals surface area contributed by atoms with Gasteiger partial charge in [-0.1, -0.05) is 6.92 Å². The van der Waals surface area contributed by atoms with Crippen LogP contribution in [0.2, 0.25) is 0 Å². The van der Waals surface area contributed by atoms with Crippen LogP contribution in [0.25, 0.3) is 0 Å². The Morgan fingerprint density at radius 1 is 1.58 bits per heavy atom. The fraction of sp³-hybridized carbons (Fsp3) is 0.615. The molecule has 0 aromatic carbocycles. The van der Waals surface area contributed by atoms with Crippen LogP contribution in [-0.4, -0.2) is 41.0 Å². The molecule has 1 fully saturated rings. The number of hydrogen-bond acceptors (Lipinski definition) is 5. The molecule has 1 aromatic rings. The third-order valence-corrected chi connectivity index (χ3v) is 3.63. The average Bonchev–Trinajstić information content (AvgIpc) is 2.34. The Morgan fingerprint density at radius 2 is 2.32 bits per heavy atom. The first kappa shape index (κ1) is 13.7. The Morgan fingerprint density at radius 3 is 2.95 bits per heavy atom. The lowest BCUT2D eigenvalue weighted by atomic mass is 9.94. The van der Waals surface area contributed by atoms with Crippen molar-refractivity contribution < 1.29 is 4.92 Å². The van der Waals surface area contributed by atoms with Gasteiger partial charge in [0.2, 0.25) is 5.82 Å². The molecule has 1 N–H and O–H groups in total. The Kier molecular flexibility index (Phi) is 3.99. The molecule has 6 heteroatoms. The van der Waals surface area contributed by atoms with Crippen LogP contribution in [0.15, 0.2) is 12.3 Å². The van der Waals surface area contributed by atoms with E-state index in [0.717, 1.165) is 25.1 Å². The zero-order chi connectivity index (χ0) is 14.0. The van der Waals surface area contributed by atoms with Crippen LogP contribution in [0.1, 0.15) is 18.9 Å². The van der Waals surface area contributed by atoms with Crippen LogP contribution in [0.5, 0.6) is 0 Å². The number of piperidine rings is 1. The van der Waals surface area contributed by atoms with Gasteiger partial charge in [0, 0.05) is 24.8 Å². The second kappa shape index (κ2) is 5.52. The maximum absolute atomic E-state index is 11.1. The Bertz CT molecular complexity index is 478. The van der Waals surface area contributed by atoms with Gasteiger partial charge in [-0.3, -0.25) is 10.1 Å². The van der Waals surface area contributed by atoms with E-state index < -0.39 is 0 Å². The number of aryl methyl sites for hydroxylation is 1. The van der Waals surface area contributed by atoms with Crippen LogP contribution >= 0.6 is 0 Å². The van der Waals surface area contributed by atoms with Crippen molar-refractivity contribution in [3.05, 3.63) is 27.9 Å². The normalized spacial score (nSPS) is 24.2. The van der Waals surface area contributed by atoms with E-state index in [4.69, 9.17) is 0 Å². The van der Waals surface area contributed by atoms with E-state index in [-0.39, 0.29) is 16.7 Å². The third-order valence-electron chi connectivity index (χ3n) is 3.63. The molecule has 19 heavy (non-hydrogen) atoms. The van der Waals surface area contributed by atoms with Crippen LogP contribution in [0, 0.1) is 23.0 Å². The minimum atomic E-state index is -0.373. The number of nitro groups is 1. The van der Waals surface area contributed by atoms with Gasteiger partial charge in [-0.2, -0.15) is 0 Å². The summed E-state index contributed by atoms with van der Waals surface area (Å²) in [5.74, 6) is 0.832. The van der Waals surface area contributed by atoms with Gasteiger partial charge >= 0.3 is 5.69 Å². The predicted octanol–water partition coefficient (Wildman–Crippen LogP) is 2.05. The summed E-state index contributed by atoms with van der Waals surface area (Å²) in [4.78, 5) is 17.2. The van der Waals surface area contributed by atoms with Gasteiger partial charge in [-0.25, -0.2) is 4.98 Å². The number of pyridine rings is 1. The molecule has 0 saturated carbocycles. The molecule has 6 nitrogen and oxygen atoms in total. The number of rotatable bonds is 3. The summed E-state index contributed by atoms with van der Waals surface area (Å²) in [5.41, 5.74) is 0.861. The number of nitrogens with zero attached hydrogens (tertiary/aromatic N) is 3. The molecule has 0 aliphatic carbocycles. The molecule has 1 aliphatic rings. The fourth-order valence-corrected chi connectivity index (χ4v) is 2.55. The van der Waals surface area contributed by atoms with Crippen molar-refractivity contribution >= 4 is 11.5 Å². The van der Waals surface area contributed by atoms with Crippen LogP contribution < -0.4 is 5.32 Å². The van der Waals surface area contributed by atoms with Crippen molar-refractivity contribution in [1.29, 1.82) is 0 Å². The van der Waals surface area contributed by atoms with Crippen LogP contribution in [0.3, 0.4) is 0 Å². The van der Waals surface area contributed by atoms with Gasteiger partial charge in [0.15, 0.2) is 0 Å².